The Morgan fingerprint density at radius 1 is 1.43 bits per heavy atom. The average Bonchev–Trinajstić information content (AvgIpc) is 2.90. The third-order valence-corrected chi connectivity index (χ3v) is 6.12. The fourth-order valence-electron chi connectivity index (χ4n) is 3.10. The van der Waals surface area contributed by atoms with E-state index in [0.717, 1.165) is 0 Å². The van der Waals surface area contributed by atoms with Crippen molar-refractivity contribution in [3.63, 3.8) is 0 Å². The van der Waals surface area contributed by atoms with Crippen LogP contribution in [0.15, 0.2) is 35.4 Å². The van der Waals surface area contributed by atoms with Crippen LogP contribution in [0, 0.1) is 12.7 Å². The number of ketones is 1. The van der Waals surface area contributed by atoms with E-state index in [1.54, 1.807) is 26.1 Å². The first-order valence-corrected chi connectivity index (χ1v) is 10.2. The Kier molecular flexibility index (Phi) is 5.42. The summed E-state index contributed by atoms with van der Waals surface area (Å²) in [5, 5.41) is 12.7. The van der Waals surface area contributed by atoms with Crippen LogP contribution in [0.4, 0.5) is 10.1 Å². The second-order valence-electron chi connectivity index (χ2n) is 6.85. The zero-order valence-corrected chi connectivity index (χ0v) is 16.5. The third-order valence-electron chi connectivity index (χ3n) is 4.63. The summed E-state index contributed by atoms with van der Waals surface area (Å²) >= 11 is 0. The van der Waals surface area contributed by atoms with E-state index in [0.29, 0.717) is 11.3 Å². The number of halogens is 1. The van der Waals surface area contributed by atoms with Crippen molar-refractivity contribution in [2.75, 3.05) is 11.9 Å². The number of aromatic nitrogens is 1. The summed E-state index contributed by atoms with van der Waals surface area (Å²) in [6, 6.07) is 3.65. The Morgan fingerprint density at radius 3 is 2.79 bits per heavy atom. The largest absolute Gasteiger partial charge is 0.391 e. The summed E-state index contributed by atoms with van der Waals surface area (Å²) in [5.41, 5.74) is 1.55. The summed E-state index contributed by atoms with van der Waals surface area (Å²) in [6.45, 7) is 3.02. The van der Waals surface area contributed by atoms with Gasteiger partial charge in [-0.25, -0.2) is 17.5 Å². The van der Waals surface area contributed by atoms with Gasteiger partial charge in [-0.05, 0) is 37.6 Å². The summed E-state index contributed by atoms with van der Waals surface area (Å²) in [6.07, 6.45) is 3.52. The highest BCUT2D eigenvalue weighted by Gasteiger charge is 2.31. The molecule has 7 nitrogen and oxygen atoms in total. The molecule has 1 aromatic carbocycles. The monoisotopic (exact) mass is 407 g/mol. The van der Waals surface area contributed by atoms with Gasteiger partial charge in [-0.2, -0.15) is 0 Å². The van der Waals surface area contributed by atoms with Gasteiger partial charge in [0.15, 0.2) is 5.78 Å². The topological polar surface area (TPSA) is 100 Å². The SMILES string of the molecule is Cc1cc(NCC(=O)c2c3c(cn2C)S(=O)(=O)N[C@@H]([C@H](C)O)C=C3)ccc1F. The third kappa shape index (κ3) is 3.87. The molecule has 0 amide bonds. The van der Waals surface area contributed by atoms with E-state index in [2.05, 4.69) is 10.0 Å². The lowest BCUT2D eigenvalue weighted by atomic mass is 10.1. The molecule has 3 rings (SSSR count). The van der Waals surface area contributed by atoms with E-state index in [-0.39, 0.29) is 34.3 Å². The molecule has 2 heterocycles. The molecule has 0 unspecified atom stereocenters. The molecule has 3 N–H and O–H groups in total. The summed E-state index contributed by atoms with van der Waals surface area (Å²) in [7, 11) is -2.30. The first-order valence-electron chi connectivity index (χ1n) is 8.71. The second-order valence-corrected chi connectivity index (χ2v) is 8.54. The molecule has 1 aliphatic heterocycles. The molecule has 2 aromatic rings. The molecule has 1 aromatic heterocycles. The number of sulfonamides is 1. The number of hydrogen-bond donors (Lipinski definition) is 3. The zero-order valence-electron chi connectivity index (χ0n) is 15.7. The van der Waals surface area contributed by atoms with Crippen LogP contribution in [0.1, 0.15) is 28.5 Å². The predicted octanol–water partition coefficient (Wildman–Crippen LogP) is 1.82. The number of hydrogen-bond acceptors (Lipinski definition) is 5. The van der Waals surface area contributed by atoms with Gasteiger partial charge in [0, 0.05) is 24.5 Å². The Hall–Kier alpha value is -2.49. The maximum Gasteiger partial charge on any atom is 0.243 e. The van der Waals surface area contributed by atoms with Crippen molar-refractivity contribution in [2.24, 2.45) is 7.05 Å². The fraction of sp³-hybridized carbons (Fsp3) is 0.316. The number of carbonyl (C=O) groups excluding carboxylic acids is 1. The van der Waals surface area contributed by atoms with Gasteiger partial charge in [0.05, 0.1) is 24.4 Å². The van der Waals surface area contributed by atoms with Crippen LogP contribution in [-0.2, 0) is 17.1 Å². The van der Waals surface area contributed by atoms with Crippen LogP contribution in [0.5, 0.6) is 0 Å². The number of fused-ring (bicyclic) bond motifs is 1. The number of aliphatic hydroxyl groups is 1. The van der Waals surface area contributed by atoms with Crippen molar-refractivity contribution < 1.29 is 22.7 Å². The molecule has 0 spiro atoms. The van der Waals surface area contributed by atoms with Gasteiger partial charge in [-0.3, -0.25) is 4.79 Å². The van der Waals surface area contributed by atoms with Crippen LogP contribution < -0.4 is 10.0 Å². The van der Waals surface area contributed by atoms with Gasteiger partial charge in [-0.1, -0.05) is 12.2 Å². The van der Waals surface area contributed by atoms with Crippen molar-refractivity contribution in [2.45, 2.75) is 30.9 Å². The van der Waals surface area contributed by atoms with E-state index in [1.807, 2.05) is 0 Å². The lowest BCUT2D eigenvalue weighted by molar-refractivity contribution is 0.0998. The molecule has 9 heteroatoms. The molecule has 1 aliphatic rings. The highest BCUT2D eigenvalue weighted by atomic mass is 32.2. The minimum atomic E-state index is -3.89. The van der Waals surface area contributed by atoms with Crippen LogP contribution in [-0.4, -0.2) is 42.6 Å². The van der Waals surface area contributed by atoms with Crippen molar-refractivity contribution in [3.05, 3.63) is 53.1 Å². The molecule has 0 aliphatic carbocycles. The summed E-state index contributed by atoms with van der Waals surface area (Å²) in [4.78, 5) is 12.8. The van der Waals surface area contributed by atoms with E-state index in [9.17, 15) is 22.7 Å². The zero-order chi connectivity index (χ0) is 20.6. The number of anilines is 1. The Balaban J connectivity index is 1.91. The van der Waals surface area contributed by atoms with Crippen LogP contribution in [0.25, 0.3) is 6.08 Å². The lowest BCUT2D eigenvalue weighted by Gasteiger charge is -2.15. The molecular weight excluding hydrogens is 385 g/mol. The number of nitrogens with zero attached hydrogens (tertiary/aromatic N) is 1. The molecule has 28 heavy (non-hydrogen) atoms. The molecule has 0 radical (unpaired) electrons. The van der Waals surface area contributed by atoms with Crippen LogP contribution in [0.3, 0.4) is 0 Å². The standard InChI is InChI=1S/C19H22FN3O4S/c1-11-8-13(4-6-15(11)20)21-9-17(25)19-14-5-7-16(12(2)24)22-28(26,27)18(14)10-23(19)3/h4-8,10,12,16,21-22,24H,9H2,1-3H3/t12-,16+/m0/s1. The molecular formula is C19H22FN3O4S. The normalized spacial score (nSPS) is 19.0. The summed E-state index contributed by atoms with van der Waals surface area (Å²) < 4.78 is 42.5. The highest BCUT2D eigenvalue weighted by Crippen LogP contribution is 2.27. The van der Waals surface area contributed by atoms with Crippen molar-refractivity contribution in [1.82, 2.24) is 9.29 Å². The quantitative estimate of drug-likeness (QED) is 0.657. The van der Waals surface area contributed by atoms with E-state index >= 15 is 0 Å². The van der Waals surface area contributed by atoms with Gasteiger partial charge in [0.2, 0.25) is 10.0 Å². The molecule has 0 bridgehead atoms. The van der Waals surface area contributed by atoms with Gasteiger partial charge >= 0.3 is 0 Å². The number of aliphatic hydroxyl groups excluding tert-OH is 1. The average molecular weight is 407 g/mol. The minimum absolute atomic E-state index is 0.0182. The Bertz CT molecular complexity index is 1060. The number of Topliss-reactive ketones (excluding diaryl/α,β-unsaturated/α-hetero) is 1. The summed E-state index contributed by atoms with van der Waals surface area (Å²) in [5.74, 6) is -0.652. The first kappa shape index (κ1) is 20.2. The van der Waals surface area contributed by atoms with Crippen molar-refractivity contribution in [3.8, 4) is 0 Å². The molecule has 150 valence electrons. The van der Waals surface area contributed by atoms with E-state index in [4.69, 9.17) is 0 Å². The van der Waals surface area contributed by atoms with Gasteiger partial charge in [0.25, 0.3) is 0 Å². The molecule has 0 fully saturated rings. The number of carbonyl (C=O) groups is 1. The number of benzene rings is 1. The predicted molar refractivity (Wildman–Crippen MR) is 104 cm³/mol. The van der Waals surface area contributed by atoms with Crippen LogP contribution >= 0.6 is 0 Å². The molecule has 0 saturated carbocycles. The van der Waals surface area contributed by atoms with Gasteiger partial charge in [-0.15, -0.1) is 0 Å². The maximum atomic E-state index is 13.4. The van der Waals surface area contributed by atoms with Crippen molar-refractivity contribution >= 4 is 27.6 Å². The number of rotatable bonds is 5. The molecule has 0 saturated heterocycles. The van der Waals surface area contributed by atoms with E-state index < -0.39 is 22.2 Å². The number of nitrogens with one attached hydrogen (secondary N) is 2. The number of aryl methyl sites for hydroxylation is 2. The smallest absolute Gasteiger partial charge is 0.243 e. The molecule has 2 atom stereocenters. The first-order chi connectivity index (χ1) is 13.1. The Morgan fingerprint density at radius 2 is 2.14 bits per heavy atom. The second kappa shape index (κ2) is 7.50. The Labute approximate surface area is 162 Å². The highest BCUT2D eigenvalue weighted by molar-refractivity contribution is 7.89. The lowest BCUT2D eigenvalue weighted by Crippen LogP contribution is -2.39. The minimum Gasteiger partial charge on any atom is -0.391 e. The van der Waals surface area contributed by atoms with Gasteiger partial charge < -0.3 is 15.0 Å². The van der Waals surface area contributed by atoms with Crippen LogP contribution in [0.2, 0.25) is 0 Å². The fourth-order valence-corrected chi connectivity index (χ4v) is 4.61. The van der Waals surface area contributed by atoms with Gasteiger partial charge in [0.1, 0.15) is 10.7 Å². The van der Waals surface area contributed by atoms with Crippen molar-refractivity contribution in [1.29, 1.82) is 0 Å². The maximum absolute atomic E-state index is 13.4. The van der Waals surface area contributed by atoms with E-state index in [1.165, 1.54) is 35.9 Å².